The summed E-state index contributed by atoms with van der Waals surface area (Å²) in [6, 6.07) is 3.52. The highest BCUT2D eigenvalue weighted by molar-refractivity contribution is 5.92. The Morgan fingerprint density at radius 3 is 2.78 bits per heavy atom. The number of amides is 1. The molecule has 0 radical (unpaired) electrons. The summed E-state index contributed by atoms with van der Waals surface area (Å²) in [7, 11) is 5.08. The molecular weight excluding hydrogens is 374 g/mol. The first-order valence-corrected chi connectivity index (χ1v) is 8.32. The van der Waals surface area contributed by atoms with E-state index < -0.39 is 0 Å². The van der Waals surface area contributed by atoms with Crippen molar-refractivity contribution < 1.29 is 18.8 Å². The van der Waals surface area contributed by atoms with Crippen LogP contribution in [0.25, 0.3) is 11.5 Å². The van der Waals surface area contributed by atoms with Gasteiger partial charge in [0.25, 0.3) is 5.89 Å². The molecule has 1 aromatic heterocycles. The molecule has 0 saturated carbocycles. The first-order chi connectivity index (χ1) is 12.5. The molecule has 9 nitrogen and oxygen atoms in total. The van der Waals surface area contributed by atoms with E-state index in [2.05, 4.69) is 25.7 Å². The predicted octanol–water partition coefficient (Wildman–Crippen LogP) is 1.71. The number of aromatic nitrogens is 2. The van der Waals surface area contributed by atoms with Crippen LogP contribution >= 0.6 is 12.4 Å². The van der Waals surface area contributed by atoms with E-state index in [-0.39, 0.29) is 24.4 Å². The zero-order valence-electron chi connectivity index (χ0n) is 15.7. The number of methoxy groups -OCH3 is 2. The molecule has 148 valence electrons. The van der Waals surface area contributed by atoms with E-state index in [1.54, 1.807) is 12.1 Å². The Balaban J connectivity index is 0.00000261. The van der Waals surface area contributed by atoms with Gasteiger partial charge in [-0.3, -0.25) is 9.69 Å². The molecule has 3 rings (SSSR count). The second kappa shape index (κ2) is 9.03. The van der Waals surface area contributed by atoms with E-state index in [4.69, 9.17) is 14.0 Å². The molecule has 2 N–H and O–H groups in total. The average molecular weight is 398 g/mol. The molecule has 0 bridgehead atoms. The quantitative estimate of drug-likeness (QED) is 0.786. The van der Waals surface area contributed by atoms with Crippen molar-refractivity contribution in [1.29, 1.82) is 0 Å². The molecule has 1 aromatic carbocycles. The Hall–Kier alpha value is -2.36. The number of benzene rings is 1. The number of halogens is 1. The monoisotopic (exact) mass is 397 g/mol. The van der Waals surface area contributed by atoms with Gasteiger partial charge in [0.05, 0.1) is 25.9 Å². The molecule has 1 amide bonds. The zero-order chi connectivity index (χ0) is 18.7. The molecule has 1 fully saturated rings. The lowest BCUT2D eigenvalue weighted by Crippen LogP contribution is -2.44. The minimum atomic E-state index is -0.219. The second-order valence-corrected chi connectivity index (χ2v) is 6.10. The minimum absolute atomic E-state index is 0. The minimum Gasteiger partial charge on any atom is -0.493 e. The first kappa shape index (κ1) is 20.9. The molecule has 1 unspecified atom stereocenters. The maximum Gasteiger partial charge on any atom is 0.258 e. The summed E-state index contributed by atoms with van der Waals surface area (Å²) in [5.41, 5.74) is 1.11. The third-order valence-electron chi connectivity index (χ3n) is 4.29. The van der Waals surface area contributed by atoms with Gasteiger partial charge in [0, 0.05) is 32.1 Å². The second-order valence-electron chi connectivity index (χ2n) is 6.10. The van der Waals surface area contributed by atoms with Gasteiger partial charge in [-0.2, -0.15) is 4.98 Å². The van der Waals surface area contributed by atoms with Crippen LogP contribution in [0.1, 0.15) is 18.8 Å². The van der Waals surface area contributed by atoms with E-state index in [9.17, 15) is 4.79 Å². The van der Waals surface area contributed by atoms with Gasteiger partial charge in [0.2, 0.25) is 5.91 Å². The summed E-state index contributed by atoms with van der Waals surface area (Å²) in [5, 5.41) is 10.2. The highest BCUT2D eigenvalue weighted by Gasteiger charge is 2.26. The van der Waals surface area contributed by atoms with Gasteiger partial charge in [-0.05, 0) is 19.2 Å². The summed E-state index contributed by atoms with van der Waals surface area (Å²) in [6.07, 6.45) is 0. The van der Waals surface area contributed by atoms with Crippen molar-refractivity contribution >= 4 is 24.0 Å². The van der Waals surface area contributed by atoms with E-state index in [0.29, 0.717) is 34.5 Å². The Kier molecular flexibility index (Phi) is 7.00. The molecule has 1 aliphatic heterocycles. The lowest BCUT2D eigenvalue weighted by Gasteiger charge is -2.30. The molecular formula is C17H24ClN5O4. The Bertz CT molecular complexity index is 798. The first-order valence-electron chi connectivity index (χ1n) is 8.32. The van der Waals surface area contributed by atoms with E-state index in [1.807, 2.05) is 7.05 Å². The number of hydrogen-bond acceptors (Lipinski definition) is 8. The van der Waals surface area contributed by atoms with Crippen LogP contribution in [0.2, 0.25) is 0 Å². The number of nitrogens with one attached hydrogen (secondary N) is 2. The van der Waals surface area contributed by atoms with Crippen LogP contribution in [-0.4, -0.2) is 61.8 Å². The zero-order valence-corrected chi connectivity index (χ0v) is 16.6. The topological polar surface area (TPSA) is 102 Å². The third kappa shape index (κ3) is 4.49. The summed E-state index contributed by atoms with van der Waals surface area (Å²) >= 11 is 0. The molecule has 1 atom stereocenters. The van der Waals surface area contributed by atoms with Crippen molar-refractivity contribution in [3.63, 3.8) is 0 Å². The molecule has 1 aliphatic rings. The molecule has 27 heavy (non-hydrogen) atoms. The lowest BCUT2D eigenvalue weighted by molar-refractivity contribution is -0.114. The largest absolute Gasteiger partial charge is 0.493 e. The van der Waals surface area contributed by atoms with Crippen LogP contribution in [0.3, 0.4) is 0 Å². The summed E-state index contributed by atoms with van der Waals surface area (Å²) < 4.78 is 16.2. The normalized spacial score (nSPS) is 17.1. The van der Waals surface area contributed by atoms with Crippen molar-refractivity contribution in [2.75, 3.05) is 46.2 Å². The van der Waals surface area contributed by atoms with Gasteiger partial charge in [-0.25, -0.2) is 0 Å². The molecule has 2 heterocycles. The van der Waals surface area contributed by atoms with Crippen molar-refractivity contribution in [3.05, 3.63) is 18.0 Å². The predicted molar refractivity (Wildman–Crippen MR) is 103 cm³/mol. The SMILES string of the molecule is COc1cc(-c2nc(C3CNCCN3C)no2)cc(NC(C)=O)c1OC.Cl. The fraction of sp³-hybridized carbons (Fsp3) is 0.471. The number of ether oxygens (including phenoxy) is 2. The maximum absolute atomic E-state index is 11.5. The fourth-order valence-corrected chi connectivity index (χ4v) is 2.95. The summed E-state index contributed by atoms with van der Waals surface area (Å²) in [5.74, 6) is 1.65. The Labute approximate surface area is 163 Å². The summed E-state index contributed by atoms with van der Waals surface area (Å²) in [4.78, 5) is 18.2. The molecule has 1 saturated heterocycles. The number of nitrogens with zero attached hydrogens (tertiary/aromatic N) is 3. The fourth-order valence-electron chi connectivity index (χ4n) is 2.95. The van der Waals surface area contributed by atoms with Gasteiger partial charge in [0.15, 0.2) is 17.3 Å². The third-order valence-corrected chi connectivity index (χ3v) is 4.29. The summed E-state index contributed by atoms with van der Waals surface area (Å²) in [6.45, 7) is 4.04. The highest BCUT2D eigenvalue weighted by Crippen LogP contribution is 2.39. The standard InChI is InChI=1S/C17H23N5O4.ClH/c1-10(23)19-12-7-11(8-14(24-3)15(12)25-4)17-20-16(21-26-17)13-9-18-5-6-22(13)2;/h7-8,13,18H,5-6,9H2,1-4H3,(H,19,23);1H. The van der Waals surface area contributed by atoms with E-state index in [0.717, 1.165) is 19.6 Å². The molecule has 10 heteroatoms. The number of hydrogen-bond donors (Lipinski definition) is 2. The number of piperazine rings is 1. The van der Waals surface area contributed by atoms with E-state index >= 15 is 0 Å². The maximum atomic E-state index is 11.5. The number of likely N-dealkylation sites (N-methyl/N-ethyl adjacent to an activating group) is 1. The van der Waals surface area contributed by atoms with Crippen molar-refractivity contribution in [3.8, 4) is 23.0 Å². The number of carbonyl (C=O) groups is 1. The van der Waals surface area contributed by atoms with Crippen LogP contribution in [0.15, 0.2) is 16.7 Å². The smallest absolute Gasteiger partial charge is 0.258 e. The van der Waals surface area contributed by atoms with Gasteiger partial charge in [-0.1, -0.05) is 5.16 Å². The highest BCUT2D eigenvalue weighted by atomic mass is 35.5. The number of carbonyl (C=O) groups excluding carboxylic acids is 1. The van der Waals surface area contributed by atoms with Crippen LogP contribution in [-0.2, 0) is 4.79 Å². The van der Waals surface area contributed by atoms with Crippen molar-refractivity contribution in [1.82, 2.24) is 20.4 Å². The van der Waals surface area contributed by atoms with Crippen LogP contribution in [0, 0.1) is 0 Å². The number of rotatable bonds is 5. The lowest BCUT2D eigenvalue weighted by atomic mass is 10.1. The molecule has 0 aliphatic carbocycles. The van der Waals surface area contributed by atoms with Gasteiger partial charge in [-0.15, -0.1) is 12.4 Å². The molecule has 2 aromatic rings. The Morgan fingerprint density at radius 1 is 1.37 bits per heavy atom. The van der Waals surface area contributed by atoms with Crippen molar-refractivity contribution in [2.24, 2.45) is 0 Å². The van der Waals surface area contributed by atoms with Crippen LogP contribution < -0.4 is 20.1 Å². The average Bonchev–Trinajstić information content (AvgIpc) is 3.10. The van der Waals surface area contributed by atoms with Gasteiger partial charge >= 0.3 is 0 Å². The van der Waals surface area contributed by atoms with Gasteiger partial charge < -0.3 is 24.6 Å². The van der Waals surface area contributed by atoms with Crippen molar-refractivity contribution in [2.45, 2.75) is 13.0 Å². The van der Waals surface area contributed by atoms with Gasteiger partial charge in [0.1, 0.15) is 0 Å². The Morgan fingerprint density at radius 2 is 2.15 bits per heavy atom. The van der Waals surface area contributed by atoms with Crippen LogP contribution in [0.4, 0.5) is 5.69 Å². The van der Waals surface area contributed by atoms with Crippen LogP contribution in [0.5, 0.6) is 11.5 Å². The van der Waals surface area contributed by atoms with E-state index in [1.165, 1.54) is 21.1 Å². The number of anilines is 1. The molecule has 0 spiro atoms.